The second-order valence-corrected chi connectivity index (χ2v) is 4.77. The van der Waals surface area contributed by atoms with Crippen LogP contribution in [0.1, 0.15) is 5.69 Å². The monoisotopic (exact) mass is 378 g/mol. The normalized spacial score (nSPS) is 10.8. The molecule has 0 aliphatic carbocycles. The average Bonchev–Trinajstić information content (AvgIpc) is 2.35. The van der Waals surface area contributed by atoms with Crippen molar-refractivity contribution in [2.24, 2.45) is 0 Å². The summed E-state index contributed by atoms with van der Waals surface area (Å²) in [5.74, 6) is 0.181. The Kier molecular flexibility index (Phi) is 4.13. The van der Waals surface area contributed by atoms with Gasteiger partial charge in [-0.3, -0.25) is 4.79 Å². The van der Waals surface area contributed by atoms with Crippen LogP contribution in [0.3, 0.4) is 0 Å². The van der Waals surface area contributed by atoms with E-state index in [4.69, 9.17) is 0 Å². The highest BCUT2D eigenvalue weighted by Crippen LogP contribution is 2.28. The molecule has 1 aromatic carbocycles. The minimum atomic E-state index is -2.93. The predicted molar refractivity (Wildman–Crippen MR) is 74.4 cm³/mol. The number of hydrogen-bond acceptors (Lipinski definition) is 3. The van der Waals surface area contributed by atoms with Crippen molar-refractivity contribution in [2.75, 3.05) is 0 Å². The van der Waals surface area contributed by atoms with Gasteiger partial charge in [0.05, 0.1) is 14.8 Å². The van der Waals surface area contributed by atoms with Crippen molar-refractivity contribution >= 4 is 22.6 Å². The zero-order chi connectivity index (χ0) is 14.0. The Bertz CT molecular complexity index is 658. The molecular weight excluding hydrogens is 369 g/mol. The number of para-hydroxylation sites is 1. The summed E-state index contributed by atoms with van der Waals surface area (Å²) in [5.41, 5.74) is 0.542. The Morgan fingerprint density at radius 1 is 1.37 bits per heavy atom. The number of aromatic nitrogens is 2. The van der Waals surface area contributed by atoms with Gasteiger partial charge < -0.3 is 9.72 Å². The number of alkyl halides is 2. The standard InChI is InChI=1S/C12H9F2IN2O2/c1-6-9(15)11(18)17-10(16-6)7-4-2-3-5-8(7)19-12(13)14/h2-5,12H,1H3,(H,16,17,18). The molecule has 1 aromatic heterocycles. The van der Waals surface area contributed by atoms with Crippen LogP contribution in [0.15, 0.2) is 29.1 Å². The molecule has 0 atom stereocenters. The lowest BCUT2D eigenvalue weighted by Crippen LogP contribution is -2.15. The molecule has 0 bridgehead atoms. The van der Waals surface area contributed by atoms with Gasteiger partial charge in [-0.25, -0.2) is 4.98 Å². The molecule has 0 spiro atoms. The second-order valence-electron chi connectivity index (χ2n) is 3.69. The lowest BCUT2D eigenvalue weighted by molar-refractivity contribution is -0.0494. The minimum Gasteiger partial charge on any atom is -0.434 e. The lowest BCUT2D eigenvalue weighted by atomic mass is 10.2. The number of rotatable bonds is 3. The molecule has 0 saturated carbocycles. The number of hydrogen-bond donors (Lipinski definition) is 1. The van der Waals surface area contributed by atoms with Crippen LogP contribution >= 0.6 is 22.6 Å². The van der Waals surface area contributed by atoms with Crippen molar-refractivity contribution in [1.29, 1.82) is 0 Å². The van der Waals surface area contributed by atoms with Gasteiger partial charge in [-0.15, -0.1) is 0 Å². The molecule has 0 fully saturated rings. The Labute approximate surface area is 121 Å². The van der Waals surface area contributed by atoms with Gasteiger partial charge in [0.1, 0.15) is 11.6 Å². The molecule has 0 aliphatic heterocycles. The number of aryl methyl sites for hydroxylation is 1. The molecule has 0 unspecified atom stereocenters. The first-order valence-electron chi connectivity index (χ1n) is 5.29. The third-order valence-electron chi connectivity index (χ3n) is 2.39. The third-order valence-corrected chi connectivity index (χ3v) is 3.66. The van der Waals surface area contributed by atoms with Crippen LogP contribution in [0.25, 0.3) is 11.4 Å². The quantitative estimate of drug-likeness (QED) is 0.836. The smallest absolute Gasteiger partial charge is 0.387 e. The van der Waals surface area contributed by atoms with Gasteiger partial charge >= 0.3 is 6.61 Å². The number of halogens is 3. The molecule has 2 aromatic rings. The number of H-pyrrole nitrogens is 1. The van der Waals surface area contributed by atoms with Crippen molar-refractivity contribution in [3.8, 4) is 17.1 Å². The average molecular weight is 378 g/mol. The Balaban J connectivity index is 2.56. The Morgan fingerprint density at radius 2 is 2.05 bits per heavy atom. The molecule has 4 nitrogen and oxygen atoms in total. The summed E-state index contributed by atoms with van der Waals surface area (Å²) in [5, 5.41) is 0. The van der Waals surface area contributed by atoms with Gasteiger partial charge in [0.25, 0.3) is 5.56 Å². The van der Waals surface area contributed by atoms with E-state index in [1.165, 1.54) is 6.07 Å². The van der Waals surface area contributed by atoms with E-state index in [0.29, 0.717) is 14.8 Å². The molecule has 0 amide bonds. The van der Waals surface area contributed by atoms with Crippen LogP contribution < -0.4 is 10.3 Å². The van der Waals surface area contributed by atoms with Gasteiger partial charge in [0, 0.05) is 0 Å². The van der Waals surface area contributed by atoms with Gasteiger partial charge in [-0.2, -0.15) is 8.78 Å². The van der Waals surface area contributed by atoms with Crippen LogP contribution in [-0.2, 0) is 0 Å². The summed E-state index contributed by atoms with van der Waals surface area (Å²) in [6, 6.07) is 6.18. The van der Waals surface area contributed by atoms with Gasteiger partial charge in [-0.05, 0) is 41.6 Å². The first-order valence-corrected chi connectivity index (χ1v) is 6.37. The predicted octanol–water partition coefficient (Wildman–Crippen LogP) is 2.95. The first kappa shape index (κ1) is 13.9. The van der Waals surface area contributed by atoms with Crippen LogP contribution in [0.5, 0.6) is 5.75 Å². The fourth-order valence-electron chi connectivity index (χ4n) is 1.56. The minimum absolute atomic E-state index is 0.0266. The fourth-order valence-corrected chi connectivity index (χ4v) is 1.82. The highest BCUT2D eigenvalue weighted by Gasteiger charge is 2.14. The Hall–Kier alpha value is -1.51. The lowest BCUT2D eigenvalue weighted by Gasteiger charge is -2.10. The van der Waals surface area contributed by atoms with E-state index in [2.05, 4.69) is 14.7 Å². The van der Waals surface area contributed by atoms with E-state index < -0.39 is 6.61 Å². The zero-order valence-electron chi connectivity index (χ0n) is 9.78. The van der Waals surface area contributed by atoms with Crippen molar-refractivity contribution in [3.63, 3.8) is 0 Å². The van der Waals surface area contributed by atoms with Crippen LogP contribution in [-0.4, -0.2) is 16.6 Å². The maximum atomic E-state index is 12.3. The molecule has 2 rings (SSSR count). The summed E-state index contributed by atoms with van der Waals surface area (Å²) in [4.78, 5) is 18.4. The third kappa shape index (κ3) is 3.09. The summed E-state index contributed by atoms with van der Waals surface area (Å²) >= 11 is 1.88. The van der Waals surface area contributed by atoms with Crippen LogP contribution in [0, 0.1) is 10.5 Å². The van der Waals surface area contributed by atoms with Crippen molar-refractivity contribution in [3.05, 3.63) is 43.9 Å². The van der Waals surface area contributed by atoms with Crippen LogP contribution in [0.2, 0.25) is 0 Å². The Morgan fingerprint density at radius 3 is 2.68 bits per heavy atom. The van der Waals surface area contributed by atoms with Crippen LogP contribution in [0.4, 0.5) is 8.78 Å². The number of nitrogens with one attached hydrogen (secondary N) is 1. The second kappa shape index (κ2) is 5.64. The highest BCUT2D eigenvalue weighted by atomic mass is 127. The van der Waals surface area contributed by atoms with E-state index in [9.17, 15) is 13.6 Å². The molecule has 1 N–H and O–H groups in total. The van der Waals surface area contributed by atoms with E-state index in [1.54, 1.807) is 25.1 Å². The number of nitrogens with zero attached hydrogens (tertiary/aromatic N) is 1. The number of ether oxygens (including phenoxy) is 1. The van der Waals surface area contributed by atoms with E-state index in [1.807, 2.05) is 22.6 Å². The van der Waals surface area contributed by atoms with E-state index >= 15 is 0 Å². The molecular formula is C12H9F2IN2O2. The van der Waals surface area contributed by atoms with E-state index in [-0.39, 0.29) is 17.1 Å². The van der Waals surface area contributed by atoms with Gasteiger partial charge in [-0.1, -0.05) is 12.1 Å². The topological polar surface area (TPSA) is 55.0 Å². The molecule has 19 heavy (non-hydrogen) atoms. The van der Waals surface area contributed by atoms with Crippen molar-refractivity contribution in [2.45, 2.75) is 13.5 Å². The van der Waals surface area contributed by atoms with E-state index in [0.717, 1.165) is 0 Å². The first-order chi connectivity index (χ1) is 8.99. The fraction of sp³-hybridized carbons (Fsp3) is 0.167. The van der Waals surface area contributed by atoms with Gasteiger partial charge in [0.2, 0.25) is 0 Å². The van der Waals surface area contributed by atoms with Gasteiger partial charge in [0.15, 0.2) is 0 Å². The SMILES string of the molecule is Cc1nc(-c2ccccc2OC(F)F)[nH]c(=O)c1I. The summed E-state index contributed by atoms with van der Waals surface area (Å²) in [7, 11) is 0. The maximum absolute atomic E-state index is 12.3. The summed E-state index contributed by atoms with van der Waals surface area (Å²) in [6.07, 6.45) is 0. The summed E-state index contributed by atoms with van der Waals surface area (Å²) in [6.45, 7) is -1.25. The van der Waals surface area contributed by atoms with Crippen molar-refractivity contribution < 1.29 is 13.5 Å². The highest BCUT2D eigenvalue weighted by molar-refractivity contribution is 14.1. The molecule has 7 heteroatoms. The molecule has 100 valence electrons. The number of aromatic amines is 1. The molecule has 0 saturated heterocycles. The largest absolute Gasteiger partial charge is 0.434 e. The molecule has 0 radical (unpaired) electrons. The maximum Gasteiger partial charge on any atom is 0.387 e. The molecule has 0 aliphatic rings. The zero-order valence-corrected chi connectivity index (χ0v) is 11.9. The number of benzene rings is 1. The molecule has 1 heterocycles. The summed E-state index contributed by atoms with van der Waals surface area (Å²) < 4.78 is 29.5. The van der Waals surface area contributed by atoms with Crippen molar-refractivity contribution in [1.82, 2.24) is 9.97 Å².